The number of rotatable bonds is 3. The zero-order valence-electron chi connectivity index (χ0n) is 14.1. The van der Waals surface area contributed by atoms with Crippen molar-refractivity contribution in [1.29, 1.82) is 0 Å². The van der Waals surface area contributed by atoms with Gasteiger partial charge in [-0.2, -0.15) is 0 Å². The smallest absolute Gasteiger partial charge is 0.123 e. The molecule has 2 heterocycles. The lowest BCUT2D eigenvalue weighted by atomic mass is 9.84. The summed E-state index contributed by atoms with van der Waals surface area (Å²) in [5.41, 5.74) is 6.64. The van der Waals surface area contributed by atoms with Gasteiger partial charge in [0.2, 0.25) is 0 Å². The van der Waals surface area contributed by atoms with Gasteiger partial charge in [-0.1, -0.05) is 35.6 Å². The van der Waals surface area contributed by atoms with Crippen molar-refractivity contribution in [1.82, 2.24) is 9.88 Å². The van der Waals surface area contributed by atoms with Crippen LogP contribution in [-0.2, 0) is 5.60 Å². The number of nitrogen functional groups attached to an aromatic ring is 1. The molecule has 2 aromatic rings. The van der Waals surface area contributed by atoms with Gasteiger partial charge in [0.25, 0.3) is 0 Å². The second kappa shape index (κ2) is 7.88. The minimum absolute atomic E-state index is 0.507. The largest absolute Gasteiger partial charge is 0.385 e. The maximum Gasteiger partial charge on any atom is 0.123 e. The molecule has 0 amide bonds. The monoisotopic (exact) mass is 355 g/mol. The zero-order valence-corrected chi connectivity index (χ0v) is 14.8. The van der Waals surface area contributed by atoms with E-state index in [1.54, 1.807) is 12.3 Å². The number of piperidine rings is 1. The van der Waals surface area contributed by atoms with Crippen LogP contribution in [0.4, 0.5) is 5.82 Å². The van der Waals surface area contributed by atoms with Crippen LogP contribution in [0, 0.1) is 11.8 Å². The number of nitrogens with zero attached hydrogens (tertiary/aromatic N) is 2. The molecule has 3 N–H and O–H groups in total. The number of hydrogen-bond donors (Lipinski definition) is 2. The molecule has 1 saturated heterocycles. The number of hydrogen-bond acceptors (Lipinski definition) is 4. The fraction of sp³-hybridized carbons (Fsp3) is 0.350. The standard InChI is InChI=1S/C20H22ClN3O/c21-18-7-5-17(6-8-18)20(25)10-13-24(14-11-20)12-2-1-3-16-4-9-19(22)23-15-16/h4-9,15,25H,2,10-14H2,(H2,22,23). The zero-order chi connectivity index (χ0) is 17.7. The molecular formula is C20H22ClN3O. The highest BCUT2D eigenvalue weighted by Crippen LogP contribution is 2.33. The van der Waals surface area contributed by atoms with Crippen LogP contribution in [0.25, 0.3) is 0 Å². The van der Waals surface area contributed by atoms with Crippen LogP contribution < -0.4 is 5.73 Å². The molecule has 0 atom stereocenters. The van der Waals surface area contributed by atoms with E-state index in [4.69, 9.17) is 17.3 Å². The summed E-state index contributed by atoms with van der Waals surface area (Å²) in [7, 11) is 0. The summed E-state index contributed by atoms with van der Waals surface area (Å²) in [6.07, 6.45) is 3.94. The van der Waals surface area contributed by atoms with Crippen molar-refractivity contribution in [3.63, 3.8) is 0 Å². The van der Waals surface area contributed by atoms with Gasteiger partial charge >= 0.3 is 0 Å². The third kappa shape index (κ3) is 4.73. The average Bonchev–Trinajstić information content (AvgIpc) is 2.62. The van der Waals surface area contributed by atoms with Gasteiger partial charge in [0.1, 0.15) is 5.82 Å². The first-order valence-electron chi connectivity index (χ1n) is 8.46. The quantitative estimate of drug-likeness (QED) is 0.831. The Kier molecular flexibility index (Phi) is 5.60. The van der Waals surface area contributed by atoms with E-state index in [9.17, 15) is 5.11 Å². The van der Waals surface area contributed by atoms with Gasteiger partial charge in [-0.25, -0.2) is 4.98 Å². The van der Waals surface area contributed by atoms with Crippen molar-refractivity contribution in [2.75, 3.05) is 25.4 Å². The van der Waals surface area contributed by atoms with Gasteiger partial charge in [0.15, 0.2) is 0 Å². The molecule has 0 spiro atoms. The summed E-state index contributed by atoms with van der Waals surface area (Å²) in [6, 6.07) is 11.1. The van der Waals surface area contributed by atoms with Gasteiger partial charge < -0.3 is 15.7 Å². The number of nitrogens with two attached hydrogens (primary N) is 1. The van der Waals surface area contributed by atoms with Crippen LogP contribution in [0.15, 0.2) is 42.6 Å². The molecule has 1 aromatic carbocycles. The van der Waals surface area contributed by atoms with Gasteiger partial charge in [-0.3, -0.25) is 0 Å². The van der Waals surface area contributed by atoms with Crippen molar-refractivity contribution in [3.05, 3.63) is 58.7 Å². The predicted octanol–water partition coefficient (Wildman–Crippen LogP) is 3.04. The predicted molar refractivity (Wildman–Crippen MR) is 101 cm³/mol. The Balaban J connectivity index is 1.48. The molecule has 1 aliphatic heterocycles. The Morgan fingerprint density at radius 2 is 1.88 bits per heavy atom. The van der Waals surface area contributed by atoms with E-state index in [1.807, 2.05) is 30.3 Å². The second-order valence-electron chi connectivity index (χ2n) is 6.40. The topological polar surface area (TPSA) is 62.4 Å². The van der Waals surface area contributed by atoms with Crippen LogP contribution in [-0.4, -0.2) is 34.6 Å². The summed E-state index contributed by atoms with van der Waals surface area (Å²) in [5, 5.41) is 11.6. The van der Waals surface area contributed by atoms with Crippen LogP contribution in [0.1, 0.15) is 30.4 Å². The average molecular weight is 356 g/mol. The summed E-state index contributed by atoms with van der Waals surface area (Å²) < 4.78 is 0. The first-order valence-corrected chi connectivity index (χ1v) is 8.84. The van der Waals surface area contributed by atoms with Crippen LogP contribution >= 0.6 is 11.6 Å². The highest BCUT2D eigenvalue weighted by atomic mass is 35.5. The second-order valence-corrected chi connectivity index (χ2v) is 6.84. The SMILES string of the molecule is Nc1ccc(C#CCCN2CCC(O)(c3ccc(Cl)cc3)CC2)cn1. The molecule has 1 fully saturated rings. The maximum absolute atomic E-state index is 10.9. The summed E-state index contributed by atoms with van der Waals surface area (Å²) in [4.78, 5) is 6.37. The number of anilines is 1. The van der Waals surface area contributed by atoms with E-state index in [1.165, 1.54) is 0 Å². The normalized spacial score (nSPS) is 16.9. The molecule has 1 aliphatic rings. The van der Waals surface area contributed by atoms with Crippen molar-refractivity contribution < 1.29 is 5.11 Å². The molecule has 0 saturated carbocycles. The van der Waals surface area contributed by atoms with E-state index in [0.717, 1.165) is 50.0 Å². The molecule has 25 heavy (non-hydrogen) atoms. The van der Waals surface area contributed by atoms with Gasteiger partial charge in [-0.05, 0) is 42.7 Å². The highest BCUT2D eigenvalue weighted by molar-refractivity contribution is 6.30. The Morgan fingerprint density at radius 3 is 2.52 bits per heavy atom. The highest BCUT2D eigenvalue weighted by Gasteiger charge is 2.33. The Hall–Kier alpha value is -2.06. The molecule has 0 aliphatic carbocycles. The Morgan fingerprint density at radius 1 is 1.16 bits per heavy atom. The molecule has 0 radical (unpaired) electrons. The van der Waals surface area contributed by atoms with E-state index in [0.29, 0.717) is 10.8 Å². The lowest BCUT2D eigenvalue weighted by Gasteiger charge is -2.38. The molecule has 0 unspecified atom stereocenters. The number of likely N-dealkylation sites (tertiary alicyclic amines) is 1. The van der Waals surface area contributed by atoms with Crippen LogP contribution in [0.2, 0.25) is 5.02 Å². The summed E-state index contributed by atoms with van der Waals surface area (Å²) in [6.45, 7) is 2.64. The maximum atomic E-state index is 10.9. The fourth-order valence-corrected chi connectivity index (χ4v) is 3.18. The summed E-state index contributed by atoms with van der Waals surface area (Å²) in [5.74, 6) is 6.79. The minimum Gasteiger partial charge on any atom is -0.385 e. The molecule has 4 nitrogen and oxygen atoms in total. The lowest BCUT2D eigenvalue weighted by molar-refractivity contribution is -0.0253. The van der Waals surface area contributed by atoms with E-state index < -0.39 is 5.60 Å². The van der Waals surface area contributed by atoms with Crippen molar-refractivity contribution in [2.45, 2.75) is 24.9 Å². The number of pyridine rings is 1. The number of aliphatic hydroxyl groups is 1. The number of aromatic nitrogens is 1. The first-order chi connectivity index (χ1) is 12.0. The molecular weight excluding hydrogens is 334 g/mol. The third-order valence-corrected chi connectivity index (χ3v) is 4.89. The number of halogens is 1. The Labute approximate surface area is 153 Å². The molecule has 130 valence electrons. The van der Waals surface area contributed by atoms with E-state index >= 15 is 0 Å². The van der Waals surface area contributed by atoms with E-state index in [-0.39, 0.29) is 0 Å². The summed E-state index contributed by atoms with van der Waals surface area (Å²) >= 11 is 5.93. The number of benzene rings is 1. The first kappa shape index (κ1) is 17.8. The minimum atomic E-state index is -0.748. The van der Waals surface area contributed by atoms with Gasteiger partial charge in [-0.15, -0.1) is 0 Å². The molecule has 0 bridgehead atoms. The van der Waals surface area contributed by atoms with Crippen LogP contribution in [0.5, 0.6) is 0 Å². The van der Waals surface area contributed by atoms with E-state index in [2.05, 4.69) is 21.7 Å². The fourth-order valence-electron chi connectivity index (χ4n) is 3.05. The van der Waals surface area contributed by atoms with Crippen LogP contribution in [0.3, 0.4) is 0 Å². The Bertz CT molecular complexity index is 754. The molecule has 1 aromatic heterocycles. The van der Waals surface area contributed by atoms with Crippen molar-refractivity contribution >= 4 is 17.4 Å². The molecule has 5 heteroatoms. The van der Waals surface area contributed by atoms with Crippen molar-refractivity contribution in [2.24, 2.45) is 0 Å². The third-order valence-electron chi connectivity index (χ3n) is 4.64. The van der Waals surface area contributed by atoms with Gasteiger partial charge in [0.05, 0.1) is 5.60 Å². The lowest BCUT2D eigenvalue weighted by Crippen LogP contribution is -2.42. The van der Waals surface area contributed by atoms with Gasteiger partial charge in [0, 0.05) is 42.8 Å². The van der Waals surface area contributed by atoms with Crippen molar-refractivity contribution in [3.8, 4) is 11.8 Å². The molecule has 3 rings (SSSR count).